The van der Waals surface area contributed by atoms with Gasteiger partial charge in [-0.25, -0.2) is 0 Å². The fourth-order valence-corrected chi connectivity index (χ4v) is 2.32. The summed E-state index contributed by atoms with van der Waals surface area (Å²) in [6.07, 6.45) is -3.30. The van der Waals surface area contributed by atoms with Gasteiger partial charge in [0.2, 0.25) is 0 Å². The first kappa shape index (κ1) is 14.2. The van der Waals surface area contributed by atoms with Crippen LogP contribution in [-0.2, 0) is 0 Å². The van der Waals surface area contributed by atoms with Crippen LogP contribution < -0.4 is 10.1 Å². The summed E-state index contributed by atoms with van der Waals surface area (Å²) in [6.45, 7) is 1.87. The summed E-state index contributed by atoms with van der Waals surface area (Å²) >= 11 is 0. The first-order valence-corrected chi connectivity index (χ1v) is 6.41. The normalized spacial score (nSPS) is 19.0. The molecule has 1 aromatic carbocycles. The highest BCUT2D eigenvalue weighted by Gasteiger charge is 2.63. The van der Waals surface area contributed by atoms with Crippen molar-refractivity contribution in [3.63, 3.8) is 0 Å². The Labute approximate surface area is 111 Å². The zero-order valence-corrected chi connectivity index (χ0v) is 11.1. The molecule has 0 aromatic heterocycles. The minimum absolute atomic E-state index is 0.155. The largest absolute Gasteiger partial charge is 0.496 e. The van der Waals surface area contributed by atoms with Gasteiger partial charge in [-0.15, -0.1) is 0 Å². The average Bonchev–Trinajstić information content (AvgIpc) is 3.16. The molecule has 2 nitrogen and oxygen atoms in total. The Bertz CT molecular complexity index is 441. The number of ether oxygens (including phenoxy) is 1. The fraction of sp³-hybridized carbons (Fsp3) is 0.571. The maximum absolute atomic E-state index is 13.0. The van der Waals surface area contributed by atoms with E-state index in [0.29, 0.717) is 12.2 Å². The Morgan fingerprint density at radius 3 is 2.42 bits per heavy atom. The van der Waals surface area contributed by atoms with Crippen LogP contribution in [-0.4, -0.2) is 18.8 Å². The van der Waals surface area contributed by atoms with Crippen molar-refractivity contribution in [3.8, 4) is 5.75 Å². The molecule has 0 bridgehead atoms. The van der Waals surface area contributed by atoms with E-state index in [0.717, 1.165) is 5.56 Å². The van der Waals surface area contributed by atoms with Crippen molar-refractivity contribution in [2.75, 3.05) is 7.11 Å². The number of nitrogens with one attached hydrogen (secondary N) is 1. The first-order valence-electron chi connectivity index (χ1n) is 6.41. The van der Waals surface area contributed by atoms with E-state index in [1.165, 1.54) is 7.11 Å². The summed E-state index contributed by atoms with van der Waals surface area (Å²) in [5.41, 5.74) is -0.919. The molecule has 0 spiro atoms. The van der Waals surface area contributed by atoms with Crippen molar-refractivity contribution < 1.29 is 17.9 Å². The number of hydrogen-bond donors (Lipinski definition) is 1. The van der Waals surface area contributed by atoms with Crippen LogP contribution >= 0.6 is 0 Å². The van der Waals surface area contributed by atoms with E-state index in [2.05, 4.69) is 5.32 Å². The summed E-state index contributed by atoms with van der Waals surface area (Å²) < 4.78 is 44.2. The molecule has 1 fully saturated rings. The van der Waals surface area contributed by atoms with E-state index >= 15 is 0 Å². The number of hydrogen-bond acceptors (Lipinski definition) is 2. The second-order valence-electron chi connectivity index (χ2n) is 4.93. The molecule has 1 atom stereocenters. The molecule has 1 saturated carbocycles. The third-order valence-electron chi connectivity index (χ3n) is 3.67. The van der Waals surface area contributed by atoms with Gasteiger partial charge in [0, 0.05) is 11.6 Å². The standard InChI is InChI=1S/C14H18F3NO/c1-3-11(10-6-4-5-7-12(10)19-2)18-13(8-9-13)14(15,16)17/h4-7,11,18H,3,8-9H2,1-2H3. The molecule has 1 aromatic rings. The quantitative estimate of drug-likeness (QED) is 0.880. The highest BCUT2D eigenvalue weighted by Crippen LogP contribution is 2.50. The predicted octanol–water partition coefficient (Wildman–Crippen LogP) is 3.83. The number of benzene rings is 1. The molecular weight excluding hydrogens is 255 g/mol. The number of rotatable bonds is 5. The molecule has 1 unspecified atom stereocenters. The van der Waals surface area contributed by atoms with Crippen LogP contribution in [0.1, 0.15) is 37.8 Å². The molecular formula is C14H18F3NO. The predicted molar refractivity (Wildman–Crippen MR) is 67.2 cm³/mol. The summed E-state index contributed by atoms with van der Waals surface area (Å²) in [4.78, 5) is 0. The van der Waals surface area contributed by atoms with Gasteiger partial charge in [0.05, 0.1) is 7.11 Å². The Morgan fingerprint density at radius 1 is 1.32 bits per heavy atom. The average molecular weight is 273 g/mol. The minimum Gasteiger partial charge on any atom is -0.496 e. The van der Waals surface area contributed by atoms with Gasteiger partial charge in [0.1, 0.15) is 11.3 Å². The number of halogens is 3. The summed E-state index contributed by atoms with van der Waals surface area (Å²) in [5, 5.41) is 2.78. The minimum atomic E-state index is -4.19. The molecule has 0 saturated heterocycles. The van der Waals surface area contributed by atoms with Crippen LogP contribution in [0.2, 0.25) is 0 Å². The van der Waals surface area contributed by atoms with E-state index in [1.807, 2.05) is 25.1 Å². The van der Waals surface area contributed by atoms with Gasteiger partial charge in [-0.2, -0.15) is 13.2 Å². The number of methoxy groups -OCH3 is 1. The van der Waals surface area contributed by atoms with Crippen molar-refractivity contribution in [1.29, 1.82) is 0 Å². The second kappa shape index (κ2) is 5.04. The lowest BCUT2D eigenvalue weighted by Crippen LogP contribution is -2.46. The smallest absolute Gasteiger partial charge is 0.406 e. The molecule has 19 heavy (non-hydrogen) atoms. The van der Waals surface area contributed by atoms with Crippen LogP contribution in [0.5, 0.6) is 5.75 Å². The van der Waals surface area contributed by atoms with E-state index in [1.54, 1.807) is 6.07 Å². The van der Waals surface area contributed by atoms with Gasteiger partial charge < -0.3 is 4.74 Å². The van der Waals surface area contributed by atoms with Crippen LogP contribution in [0.4, 0.5) is 13.2 Å². The van der Waals surface area contributed by atoms with Gasteiger partial charge in [-0.05, 0) is 25.3 Å². The third-order valence-corrected chi connectivity index (χ3v) is 3.67. The molecule has 0 aliphatic heterocycles. The lowest BCUT2D eigenvalue weighted by Gasteiger charge is -2.28. The Kier molecular flexibility index (Phi) is 3.76. The highest BCUT2D eigenvalue weighted by atomic mass is 19.4. The molecule has 1 aliphatic rings. The number of alkyl halides is 3. The van der Waals surface area contributed by atoms with Gasteiger partial charge in [-0.1, -0.05) is 25.1 Å². The molecule has 0 heterocycles. The van der Waals surface area contributed by atoms with Crippen LogP contribution in [0.3, 0.4) is 0 Å². The first-order chi connectivity index (χ1) is 8.93. The van der Waals surface area contributed by atoms with Crippen molar-refractivity contribution >= 4 is 0 Å². The highest BCUT2D eigenvalue weighted by molar-refractivity contribution is 5.36. The Morgan fingerprint density at radius 2 is 1.95 bits per heavy atom. The maximum atomic E-state index is 13.0. The van der Waals surface area contributed by atoms with Crippen LogP contribution in [0.25, 0.3) is 0 Å². The summed E-state index contributed by atoms with van der Waals surface area (Å²) in [7, 11) is 1.53. The van der Waals surface area contributed by atoms with Gasteiger partial charge in [0.25, 0.3) is 0 Å². The van der Waals surface area contributed by atoms with Crippen LogP contribution in [0.15, 0.2) is 24.3 Å². The monoisotopic (exact) mass is 273 g/mol. The van der Waals surface area contributed by atoms with E-state index in [9.17, 15) is 13.2 Å². The lowest BCUT2D eigenvalue weighted by molar-refractivity contribution is -0.168. The molecule has 0 amide bonds. The third kappa shape index (κ3) is 2.71. The molecule has 0 radical (unpaired) electrons. The van der Waals surface area contributed by atoms with Gasteiger partial charge in [-0.3, -0.25) is 5.32 Å². The van der Waals surface area contributed by atoms with E-state index in [-0.39, 0.29) is 18.9 Å². The van der Waals surface area contributed by atoms with Crippen molar-refractivity contribution in [3.05, 3.63) is 29.8 Å². The SMILES string of the molecule is CCC(NC1(C(F)(F)F)CC1)c1ccccc1OC. The van der Waals surface area contributed by atoms with Gasteiger partial charge in [0.15, 0.2) is 0 Å². The Hall–Kier alpha value is -1.23. The fourth-order valence-electron chi connectivity index (χ4n) is 2.32. The maximum Gasteiger partial charge on any atom is 0.406 e. The van der Waals surface area contributed by atoms with Gasteiger partial charge >= 0.3 is 6.18 Å². The van der Waals surface area contributed by atoms with Crippen molar-refractivity contribution in [2.45, 2.75) is 43.9 Å². The van der Waals surface area contributed by atoms with Crippen molar-refractivity contribution in [1.82, 2.24) is 5.32 Å². The zero-order chi connectivity index (χ0) is 14.1. The molecule has 1 aliphatic carbocycles. The number of para-hydroxylation sites is 1. The Balaban J connectivity index is 2.22. The van der Waals surface area contributed by atoms with E-state index in [4.69, 9.17) is 4.74 Å². The molecule has 5 heteroatoms. The van der Waals surface area contributed by atoms with Crippen LogP contribution in [0, 0.1) is 0 Å². The second-order valence-corrected chi connectivity index (χ2v) is 4.93. The summed E-state index contributed by atoms with van der Waals surface area (Å²) in [6, 6.07) is 6.86. The molecule has 106 valence electrons. The van der Waals surface area contributed by atoms with Crippen molar-refractivity contribution in [2.24, 2.45) is 0 Å². The molecule has 2 rings (SSSR count). The topological polar surface area (TPSA) is 21.3 Å². The summed E-state index contributed by atoms with van der Waals surface area (Å²) in [5.74, 6) is 0.625. The molecule has 1 N–H and O–H groups in total. The zero-order valence-electron chi connectivity index (χ0n) is 11.1. The van der Waals surface area contributed by atoms with E-state index < -0.39 is 11.7 Å². The lowest BCUT2D eigenvalue weighted by atomic mass is 10.0.